The number of carbonyl (C=O) groups excluding carboxylic acids is 1. The molecule has 1 saturated carbocycles. The number of fused-ring (bicyclic) bond motifs is 1. The molecular formula is C11H9BrO2. The fourth-order valence-electron chi connectivity index (χ4n) is 2.30. The second-order valence-corrected chi connectivity index (χ2v) is 4.89. The van der Waals surface area contributed by atoms with Crippen LogP contribution in [0, 0.1) is 5.92 Å². The van der Waals surface area contributed by atoms with E-state index in [0.29, 0.717) is 12.5 Å². The molecule has 0 unspecified atom stereocenters. The van der Waals surface area contributed by atoms with Crippen molar-refractivity contribution in [3.63, 3.8) is 0 Å². The van der Waals surface area contributed by atoms with Crippen molar-refractivity contribution in [2.24, 2.45) is 5.92 Å². The molecule has 1 aromatic carbocycles. The third-order valence-corrected chi connectivity index (χ3v) is 3.77. The van der Waals surface area contributed by atoms with Crippen LogP contribution in [0.5, 0.6) is 0 Å². The Morgan fingerprint density at radius 1 is 1.36 bits per heavy atom. The lowest BCUT2D eigenvalue weighted by Crippen LogP contribution is -2.18. The lowest BCUT2D eigenvalue weighted by molar-refractivity contribution is -0.142. The summed E-state index contributed by atoms with van der Waals surface area (Å²) in [5.41, 5.74) is 0.828. The molecule has 1 aliphatic carbocycles. The maximum atomic E-state index is 11.6. The van der Waals surface area contributed by atoms with Gasteiger partial charge in [-0.05, 0) is 24.1 Å². The Morgan fingerprint density at radius 2 is 2.07 bits per heavy atom. The van der Waals surface area contributed by atoms with Gasteiger partial charge in [-0.25, -0.2) is 0 Å². The highest BCUT2D eigenvalue weighted by Gasteiger charge is 2.66. The van der Waals surface area contributed by atoms with Gasteiger partial charge in [0.25, 0.3) is 0 Å². The third kappa shape index (κ3) is 0.934. The summed E-state index contributed by atoms with van der Waals surface area (Å²) in [7, 11) is 0. The Labute approximate surface area is 90.4 Å². The van der Waals surface area contributed by atoms with Gasteiger partial charge in [0.1, 0.15) is 0 Å². The summed E-state index contributed by atoms with van der Waals surface area (Å²) in [4.78, 5) is 11.6. The molecule has 1 saturated heterocycles. The van der Waals surface area contributed by atoms with Gasteiger partial charge in [0.05, 0.1) is 12.0 Å². The largest absolute Gasteiger partial charge is 0.465 e. The Morgan fingerprint density at radius 3 is 2.57 bits per heavy atom. The first-order chi connectivity index (χ1) is 6.73. The zero-order valence-corrected chi connectivity index (χ0v) is 9.08. The molecule has 1 aliphatic heterocycles. The predicted molar refractivity (Wildman–Crippen MR) is 54.9 cm³/mol. The van der Waals surface area contributed by atoms with Gasteiger partial charge in [0.2, 0.25) is 0 Å². The molecule has 3 heteroatoms. The van der Waals surface area contributed by atoms with Gasteiger partial charge in [-0.2, -0.15) is 0 Å². The molecule has 2 aliphatic rings. The van der Waals surface area contributed by atoms with Crippen LogP contribution in [0.25, 0.3) is 0 Å². The van der Waals surface area contributed by atoms with Crippen LogP contribution < -0.4 is 0 Å². The molecule has 0 aromatic heterocycles. The van der Waals surface area contributed by atoms with Crippen LogP contribution in [0.1, 0.15) is 12.0 Å². The molecule has 14 heavy (non-hydrogen) atoms. The zero-order valence-electron chi connectivity index (χ0n) is 7.50. The van der Waals surface area contributed by atoms with Crippen molar-refractivity contribution in [1.82, 2.24) is 0 Å². The van der Waals surface area contributed by atoms with E-state index in [1.165, 1.54) is 0 Å². The van der Waals surface area contributed by atoms with Gasteiger partial charge in [0.15, 0.2) is 0 Å². The summed E-state index contributed by atoms with van der Waals surface area (Å²) in [5.74, 6) is 0.390. The van der Waals surface area contributed by atoms with Crippen LogP contribution in [0.15, 0.2) is 28.7 Å². The summed E-state index contributed by atoms with van der Waals surface area (Å²) >= 11 is 3.38. The number of carbonyl (C=O) groups is 1. The van der Waals surface area contributed by atoms with Crippen molar-refractivity contribution < 1.29 is 9.53 Å². The van der Waals surface area contributed by atoms with E-state index in [1.807, 2.05) is 24.3 Å². The molecule has 72 valence electrons. The first-order valence-electron chi connectivity index (χ1n) is 4.67. The Kier molecular flexibility index (Phi) is 1.57. The lowest BCUT2D eigenvalue weighted by Gasteiger charge is -2.09. The third-order valence-electron chi connectivity index (χ3n) is 3.24. The number of rotatable bonds is 1. The quantitative estimate of drug-likeness (QED) is 0.717. The molecule has 1 heterocycles. The van der Waals surface area contributed by atoms with Crippen LogP contribution in [-0.2, 0) is 14.9 Å². The lowest BCUT2D eigenvalue weighted by atomic mass is 9.95. The van der Waals surface area contributed by atoms with E-state index in [9.17, 15) is 4.79 Å². The normalized spacial score (nSPS) is 33.8. The summed E-state index contributed by atoms with van der Waals surface area (Å²) in [6.07, 6.45) is 0.966. The van der Waals surface area contributed by atoms with Crippen molar-refractivity contribution in [2.45, 2.75) is 11.8 Å². The van der Waals surface area contributed by atoms with E-state index >= 15 is 0 Å². The Bertz CT molecular complexity index is 398. The van der Waals surface area contributed by atoms with Crippen LogP contribution >= 0.6 is 15.9 Å². The van der Waals surface area contributed by atoms with E-state index in [4.69, 9.17) is 4.74 Å². The average Bonchev–Trinajstić information content (AvgIpc) is 2.84. The van der Waals surface area contributed by atoms with E-state index in [-0.39, 0.29) is 11.4 Å². The monoisotopic (exact) mass is 252 g/mol. The maximum Gasteiger partial charge on any atom is 0.317 e. The smallest absolute Gasteiger partial charge is 0.317 e. The minimum absolute atomic E-state index is 0.0372. The number of cyclic esters (lactones) is 1. The number of halogens is 1. The first-order valence-corrected chi connectivity index (χ1v) is 5.46. The molecule has 2 nitrogen and oxygen atoms in total. The van der Waals surface area contributed by atoms with Gasteiger partial charge in [0, 0.05) is 10.4 Å². The van der Waals surface area contributed by atoms with E-state index in [2.05, 4.69) is 15.9 Å². The summed E-state index contributed by atoms with van der Waals surface area (Å²) in [6.45, 7) is 0.606. The number of esters is 1. The molecule has 0 amide bonds. The van der Waals surface area contributed by atoms with Gasteiger partial charge in [-0.15, -0.1) is 0 Å². The van der Waals surface area contributed by atoms with Gasteiger partial charge in [-0.3, -0.25) is 4.79 Å². The van der Waals surface area contributed by atoms with Gasteiger partial charge < -0.3 is 4.74 Å². The number of hydrogen-bond donors (Lipinski definition) is 0. The molecule has 2 atom stereocenters. The van der Waals surface area contributed by atoms with Crippen molar-refractivity contribution in [2.75, 3.05) is 6.61 Å². The summed E-state index contributed by atoms with van der Waals surface area (Å²) in [5, 5.41) is 0. The molecular weight excluding hydrogens is 244 g/mol. The number of ether oxygens (including phenoxy) is 1. The maximum absolute atomic E-state index is 11.6. The van der Waals surface area contributed by atoms with Gasteiger partial charge in [-0.1, -0.05) is 28.1 Å². The highest BCUT2D eigenvalue weighted by molar-refractivity contribution is 9.10. The molecule has 3 rings (SSSR count). The van der Waals surface area contributed by atoms with Crippen LogP contribution in [0.3, 0.4) is 0 Å². The van der Waals surface area contributed by atoms with Crippen LogP contribution in [0.4, 0.5) is 0 Å². The minimum Gasteiger partial charge on any atom is -0.465 e. The van der Waals surface area contributed by atoms with Crippen molar-refractivity contribution in [3.05, 3.63) is 34.3 Å². The Balaban J connectivity index is 2.04. The summed E-state index contributed by atoms with van der Waals surface area (Å²) < 4.78 is 6.10. The molecule has 2 fully saturated rings. The molecule has 0 spiro atoms. The molecule has 1 aromatic rings. The van der Waals surface area contributed by atoms with E-state index in [1.54, 1.807) is 0 Å². The minimum atomic E-state index is -0.277. The Hall–Kier alpha value is -0.830. The van der Waals surface area contributed by atoms with Crippen LogP contribution in [0.2, 0.25) is 0 Å². The predicted octanol–water partition coefficient (Wildman–Crippen LogP) is 2.26. The topological polar surface area (TPSA) is 26.3 Å². The fraction of sp³-hybridized carbons (Fsp3) is 0.364. The van der Waals surface area contributed by atoms with Gasteiger partial charge >= 0.3 is 5.97 Å². The molecule has 0 N–H and O–H groups in total. The fourth-order valence-corrected chi connectivity index (χ4v) is 2.57. The zero-order chi connectivity index (χ0) is 9.76. The highest BCUT2D eigenvalue weighted by atomic mass is 79.9. The molecule has 0 bridgehead atoms. The second kappa shape index (κ2) is 2.60. The number of hydrogen-bond acceptors (Lipinski definition) is 2. The second-order valence-electron chi connectivity index (χ2n) is 3.98. The average molecular weight is 253 g/mol. The standard InChI is InChI=1S/C11H9BrO2/c12-9-3-1-7(2-4-9)11-5-8(11)6-14-10(11)13/h1-4,8H,5-6H2/t8-,11+/m1/s1. The summed E-state index contributed by atoms with van der Waals surface area (Å²) in [6, 6.07) is 7.98. The van der Waals surface area contributed by atoms with E-state index < -0.39 is 0 Å². The highest BCUT2D eigenvalue weighted by Crippen LogP contribution is 2.58. The number of benzene rings is 1. The first kappa shape index (κ1) is 8.48. The van der Waals surface area contributed by atoms with E-state index in [0.717, 1.165) is 16.5 Å². The van der Waals surface area contributed by atoms with Crippen molar-refractivity contribution in [3.8, 4) is 0 Å². The van der Waals surface area contributed by atoms with Crippen LogP contribution in [-0.4, -0.2) is 12.6 Å². The van der Waals surface area contributed by atoms with Crippen molar-refractivity contribution in [1.29, 1.82) is 0 Å². The SMILES string of the molecule is O=C1OC[C@H]2C[C@@]12c1ccc(Br)cc1. The molecule has 0 radical (unpaired) electrons. The van der Waals surface area contributed by atoms with Crippen molar-refractivity contribution >= 4 is 21.9 Å².